The number of thiophene rings is 1. The molecule has 2 heterocycles. The van der Waals surface area contributed by atoms with Gasteiger partial charge in [-0.25, -0.2) is 14.6 Å². The fourth-order valence-corrected chi connectivity index (χ4v) is 4.29. The van der Waals surface area contributed by atoms with Gasteiger partial charge in [-0.2, -0.15) is 0 Å². The zero-order valence-corrected chi connectivity index (χ0v) is 18.7. The lowest BCUT2D eigenvalue weighted by molar-refractivity contribution is -0.130. The molecule has 0 aliphatic carbocycles. The first-order valence-electron chi connectivity index (χ1n) is 10.2. The van der Waals surface area contributed by atoms with E-state index in [1.54, 1.807) is 18.3 Å². The summed E-state index contributed by atoms with van der Waals surface area (Å²) in [4.78, 5) is 29.1. The predicted molar refractivity (Wildman–Crippen MR) is 122 cm³/mol. The number of carbonyl (C=O) groups is 2. The van der Waals surface area contributed by atoms with E-state index in [1.165, 1.54) is 18.4 Å². The van der Waals surface area contributed by atoms with Crippen LogP contribution in [0, 0.1) is 0 Å². The van der Waals surface area contributed by atoms with Crippen LogP contribution < -0.4 is 0 Å². The number of unbranched alkanes of at least 4 members (excludes halogenated alkanes) is 1. The standard InChI is InChI=1S/C24H26N2O4S/c1-4-5-8-21-25-14-19(16(2)22(23(27)28)20-7-6-13-31-20)26(21)15-17-9-11-18(12-10-17)24(29)30-3/h6-7,9-14H,4-5,8,15H2,1-3H3,(H,27,28). The first-order valence-corrected chi connectivity index (χ1v) is 11.0. The smallest absolute Gasteiger partial charge is 0.337 e. The summed E-state index contributed by atoms with van der Waals surface area (Å²) in [6.45, 7) is 4.50. The summed E-state index contributed by atoms with van der Waals surface area (Å²) >= 11 is 1.41. The Morgan fingerprint density at radius 1 is 1.19 bits per heavy atom. The van der Waals surface area contributed by atoms with Gasteiger partial charge in [0.15, 0.2) is 0 Å². The second-order valence-electron chi connectivity index (χ2n) is 7.22. The molecule has 1 N–H and O–H groups in total. The van der Waals surface area contributed by atoms with Gasteiger partial charge in [-0.05, 0) is 48.1 Å². The number of imidazole rings is 1. The van der Waals surface area contributed by atoms with Crippen molar-refractivity contribution in [1.82, 2.24) is 9.55 Å². The Morgan fingerprint density at radius 3 is 2.52 bits per heavy atom. The minimum absolute atomic E-state index is 0.291. The number of ether oxygens (including phenoxy) is 1. The van der Waals surface area contributed by atoms with Gasteiger partial charge in [0.2, 0.25) is 0 Å². The fourth-order valence-electron chi connectivity index (χ4n) is 3.47. The van der Waals surface area contributed by atoms with Crippen molar-refractivity contribution in [3.05, 3.63) is 75.5 Å². The Bertz CT molecular complexity index is 1080. The van der Waals surface area contributed by atoms with Crippen LogP contribution in [0.15, 0.2) is 48.0 Å². The number of carboxylic acids is 1. The number of nitrogens with zero attached hydrogens (tertiary/aromatic N) is 2. The maximum atomic E-state index is 12.1. The van der Waals surface area contributed by atoms with E-state index in [9.17, 15) is 14.7 Å². The molecule has 0 bridgehead atoms. The van der Waals surface area contributed by atoms with E-state index in [0.29, 0.717) is 23.3 Å². The molecule has 0 amide bonds. The Balaban J connectivity index is 2.04. The van der Waals surface area contributed by atoms with E-state index in [2.05, 4.69) is 16.5 Å². The molecular weight excluding hydrogens is 412 g/mol. The highest BCUT2D eigenvalue weighted by Gasteiger charge is 2.20. The monoisotopic (exact) mass is 438 g/mol. The number of benzene rings is 1. The van der Waals surface area contributed by atoms with Gasteiger partial charge in [-0.3, -0.25) is 0 Å². The molecule has 31 heavy (non-hydrogen) atoms. The lowest BCUT2D eigenvalue weighted by Gasteiger charge is -2.15. The predicted octanol–water partition coefficient (Wildman–Crippen LogP) is 5.14. The van der Waals surface area contributed by atoms with E-state index >= 15 is 0 Å². The molecule has 0 aliphatic heterocycles. The van der Waals surface area contributed by atoms with Crippen molar-refractivity contribution in [3.63, 3.8) is 0 Å². The molecule has 0 saturated carbocycles. The number of hydrogen-bond donors (Lipinski definition) is 1. The minimum Gasteiger partial charge on any atom is -0.478 e. The van der Waals surface area contributed by atoms with Crippen molar-refractivity contribution < 1.29 is 19.4 Å². The number of aryl methyl sites for hydroxylation is 1. The number of carbonyl (C=O) groups excluding carboxylic acids is 1. The highest BCUT2D eigenvalue weighted by atomic mass is 32.1. The van der Waals surface area contributed by atoms with Crippen molar-refractivity contribution >= 4 is 34.4 Å². The number of rotatable bonds is 9. The van der Waals surface area contributed by atoms with Gasteiger partial charge in [0, 0.05) is 17.8 Å². The number of esters is 1. The zero-order chi connectivity index (χ0) is 22.4. The van der Waals surface area contributed by atoms with E-state index in [4.69, 9.17) is 4.74 Å². The molecule has 162 valence electrons. The van der Waals surface area contributed by atoms with Crippen molar-refractivity contribution in [3.8, 4) is 0 Å². The highest BCUT2D eigenvalue weighted by Crippen LogP contribution is 2.30. The molecule has 6 nitrogen and oxygen atoms in total. The number of hydrogen-bond acceptors (Lipinski definition) is 5. The maximum Gasteiger partial charge on any atom is 0.337 e. The summed E-state index contributed by atoms with van der Waals surface area (Å²) in [6.07, 6.45) is 4.61. The molecule has 3 rings (SSSR count). The third-order valence-corrected chi connectivity index (χ3v) is 6.04. The quantitative estimate of drug-likeness (QED) is 0.370. The molecule has 1 aromatic carbocycles. The Labute approximate surface area is 185 Å². The van der Waals surface area contributed by atoms with Crippen LogP contribution in [0.4, 0.5) is 0 Å². The molecule has 2 aromatic heterocycles. The zero-order valence-electron chi connectivity index (χ0n) is 17.9. The van der Waals surface area contributed by atoms with Gasteiger partial charge >= 0.3 is 11.9 Å². The van der Waals surface area contributed by atoms with Crippen molar-refractivity contribution in [2.24, 2.45) is 0 Å². The van der Waals surface area contributed by atoms with E-state index < -0.39 is 5.97 Å². The summed E-state index contributed by atoms with van der Waals surface area (Å²) < 4.78 is 6.84. The lowest BCUT2D eigenvalue weighted by Crippen LogP contribution is -2.10. The molecule has 3 aromatic rings. The topological polar surface area (TPSA) is 81.4 Å². The lowest BCUT2D eigenvalue weighted by atomic mass is 10.0. The van der Waals surface area contributed by atoms with Crippen LogP contribution in [0.1, 0.15) is 59.0 Å². The van der Waals surface area contributed by atoms with E-state index in [1.807, 2.05) is 36.6 Å². The average Bonchev–Trinajstić information content (AvgIpc) is 3.42. The van der Waals surface area contributed by atoms with Gasteiger partial charge in [0.1, 0.15) is 5.82 Å². The van der Waals surface area contributed by atoms with Gasteiger partial charge in [0.05, 0.1) is 30.1 Å². The van der Waals surface area contributed by atoms with Crippen molar-refractivity contribution in [2.45, 2.75) is 39.7 Å². The van der Waals surface area contributed by atoms with Crippen LogP contribution in [0.5, 0.6) is 0 Å². The molecule has 0 fully saturated rings. The third-order valence-electron chi connectivity index (χ3n) is 5.15. The Morgan fingerprint density at radius 2 is 1.94 bits per heavy atom. The maximum absolute atomic E-state index is 12.1. The number of carboxylic acid groups (broad SMARTS) is 1. The number of aromatic nitrogens is 2. The molecule has 0 aliphatic rings. The molecule has 0 atom stereocenters. The molecule has 7 heteroatoms. The van der Waals surface area contributed by atoms with Crippen LogP contribution in [0.2, 0.25) is 0 Å². The highest BCUT2D eigenvalue weighted by molar-refractivity contribution is 7.11. The Kier molecular flexibility index (Phi) is 7.41. The van der Waals surface area contributed by atoms with Crippen LogP contribution in [0.25, 0.3) is 11.1 Å². The van der Waals surface area contributed by atoms with Gasteiger partial charge < -0.3 is 14.4 Å². The average molecular weight is 439 g/mol. The third kappa shape index (κ3) is 5.11. The molecule has 0 saturated heterocycles. The van der Waals surface area contributed by atoms with Crippen LogP contribution in [-0.2, 0) is 22.5 Å². The summed E-state index contributed by atoms with van der Waals surface area (Å²) in [6, 6.07) is 10.9. The molecule has 0 radical (unpaired) electrons. The second kappa shape index (κ2) is 10.2. The van der Waals surface area contributed by atoms with E-state index in [-0.39, 0.29) is 5.97 Å². The van der Waals surface area contributed by atoms with Crippen molar-refractivity contribution in [2.75, 3.05) is 7.11 Å². The largest absolute Gasteiger partial charge is 0.478 e. The van der Waals surface area contributed by atoms with Crippen LogP contribution in [0.3, 0.4) is 0 Å². The second-order valence-corrected chi connectivity index (χ2v) is 8.17. The number of methoxy groups -OCH3 is 1. The number of aliphatic carboxylic acids is 1. The summed E-state index contributed by atoms with van der Waals surface area (Å²) in [7, 11) is 1.36. The summed E-state index contributed by atoms with van der Waals surface area (Å²) in [5.74, 6) is -0.409. The summed E-state index contributed by atoms with van der Waals surface area (Å²) in [5.41, 5.74) is 3.24. The first kappa shape index (κ1) is 22.5. The SMILES string of the molecule is CCCCc1ncc(C(C)=C(C(=O)O)c2cccs2)n1Cc1ccc(C(=O)OC)cc1. The van der Waals surface area contributed by atoms with Gasteiger partial charge in [-0.1, -0.05) is 31.5 Å². The molecule has 0 unspecified atom stereocenters. The van der Waals surface area contributed by atoms with Gasteiger partial charge in [-0.15, -0.1) is 11.3 Å². The molecular formula is C24H26N2O4S. The minimum atomic E-state index is -0.953. The normalized spacial score (nSPS) is 11.8. The number of allylic oxidation sites excluding steroid dienone is 1. The first-order chi connectivity index (χ1) is 15.0. The van der Waals surface area contributed by atoms with Crippen molar-refractivity contribution in [1.29, 1.82) is 0 Å². The summed E-state index contributed by atoms with van der Waals surface area (Å²) in [5, 5.41) is 11.8. The molecule has 0 spiro atoms. The van der Waals surface area contributed by atoms with E-state index in [0.717, 1.165) is 41.2 Å². The van der Waals surface area contributed by atoms with Crippen LogP contribution >= 0.6 is 11.3 Å². The van der Waals surface area contributed by atoms with Gasteiger partial charge in [0.25, 0.3) is 0 Å². The fraction of sp³-hybridized carbons (Fsp3) is 0.292. The Hall–Kier alpha value is -3.19. The van der Waals surface area contributed by atoms with Crippen LogP contribution in [-0.4, -0.2) is 33.7 Å².